The van der Waals surface area contributed by atoms with Crippen molar-refractivity contribution >= 4 is 40.7 Å². The number of rotatable bonds is 3. The predicted octanol–water partition coefficient (Wildman–Crippen LogP) is 5.05. The van der Waals surface area contributed by atoms with Crippen LogP contribution in [0.25, 0.3) is 0 Å². The number of halogens is 2. The molecule has 5 nitrogen and oxygen atoms in total. The van der Waals surface area contributed by atoms with Gasteiger partial charge in [0.1, 0.15) is 6.54 Å². The highest BCUT2D eigenvalue weighted by Crippen LogP contribution is 2.33. The van der Waals surface area contributed by atoms with Crippen LogP contribution in [-0.2, 0) is 17.9 Å². The molecule has 0 N–H and O–H groups in total. The predicted molar refractivity (Wildman–Crippen MR) is 120 cm³/mol. The smallest absolute Gasteiger partial charge is 0.254 e. The van der Waals surface area contributed by atoms with E-state index < -0.39 is 0 Å². The molecule has 3 aromatic rings. The van der Waals surface area contributed by atoms with Gasteiger partial charge < -0.3 is 9.80 Å². The average molecular weight is 450 g/mol. The molecule has 1 heterocycles. The third-order valence-electron chi connectivity index (χ3n) is 5.16. The third kappa shape index (κ3) is 4.41. The molecule has 0 fully saturated rings. The zero-order valence-corrected chi connectivity index (χ0v) is 17.9. The number of benzene rings is 3. The molecule has 0 aliphatic carbocycles. The Balaban J connectivity index is 1.68. The molecule has 0 aromatic heterocycles. The molecule has 2 amide bonds. The number of carbonyl (C=O) groups excluding carboxylic acids is 2. The summed E-state index contributed by atoms with van der Waals surface area (Å²) in [4.78, 5) is 29.5. The van der Waals surface area contributed by atoms with E-state index in [-0.39, 0.29) is 24.9 Å². The van der Waals surface area contributed by atoms with Gasteiger partial charge in [-0.05, 0) is 54.1 Å². The van der Waals surface area contributed by atoms with Gasteiger partial charge in [0.15, 0.2) is 0 Å². The molecule has 0 atom stereocenters. The van der Waals surface area contributed by atoms with Gasteiger partial charge in [-0.1, -0.05) is 41.4 Å². The van der Waals surface area contributed by atoms with Crippen LogP contribution in [0, 0.1) is 11.3 Å². The maximum atomic E-state index is 13.2. The average Bonchev–Trinajstić information content (AvgIpc) is 2.92. The van der Waals surface area contributed by atoms with Gasteiger partial charge in [-0.3, -0.25) is 9.59 Å². The summed E-state index contributed by atoms with van der Waals surface area (Å²) in [6, 6.07) is 21.1. The molecule has 0 saturated carbocycles. The highest BCUT2D eigenvalue weighted by molar-refractivity contribution is 6.32. The van der Waals surface area contributed by atoms with Gasteiger partial charge in [0.2, 0.25) is 5.91 Å². The summed E-state index contributed by atoms with van der Waals surface area (Å²) in [5.74, 6) is -0.483. The first-order chi connectivity index (χ1) is 15.0. The minimum absolute atomic E-state index is 0.0806. The van der Waals surface area contributed by atoms with Crippen molar-refractivity contribution in [3.05, 3.63) is 99.0 Å². The van der Waals surface area contributed by atoms with Gasteiger partial charge in [-0.25, -0.2) is 0 Å². The first kappa shape index (κ1) is 20.9. The van der Waals surface area contributed by atoms with Gasteiger partial charge in [0, 0.05) is 21.2 Å². The molecule has 31 heavy (non-hydrogen) atoms. The second kappa shape index (κ2) is 8.81. The number of hydrogen-bond donors (Lipinski definition) is 0. The Hall–Kier alpha value is -3.33. The number of hydrogen-bond acceptors (Lipinski definition) is 3. The lowest BCUT2D eigenvalue weighted by atomic mass is 10.1. The molecule has 1 aliphatic heterocycles. The summed E-state index contributed by atoms with van der Waals surface area (Å²) >= 11 is 12.4. The Kier molecular flexibility index (Phi) is 5.94. The minimum Gasteiger partial charge on any atom is -0.325 e. The van der Waals surface area contributed by atoms with Crippen LogP contribution < -0.4 is 4.90 Å². The van der Waals surface area contributed by atoms with E-state index in [0.717, 1.165) is 5.56 Å². The normalized spacial score (nSPS) is 13.4. The van der Waals surface area contributed by atoms with Crippen LogP contribution in [0.15, 0.2) is 66.7 Å². The minimum atomic E-state index is -0.267. The van der Waals surface area contributed by atoms with E-state index in [2.05, 4.69) is 6.07 Å². The zero-order chi connectivity index (χ0) is 22.0. The fraction of sp³-hybridized carbons (Fsp3) is 0.125. The van der Waals surface area contributed by atoms with Crippen molar-refractivity contribution in [1.82, 2.24) is 4.90 Å². The van der Waals surface area contributed by atoms with E-state index >= 15 is 0 Å². The molecule has 3 aromatic carbocycles. The van der Waals surface area contributed by atoms with E-state index in [1.165, 1.54) is 4.90 Å². The second-order valence-corrected chi connectivity index (χ2v) is 8.04. The number of carbonyl (C=O) groups is 2. The van der Waals surface area contributed by atoms with Crippen LogP contribution >= 0.6 is 23.2 Å². The molecular weight excluding hydrogens is 433 g/mol. The van der Waals surface area contributed by atoms with Crippen molar-refractivity contribution in [3.63, 3.8) is 0 Å². The van der Waals surface area contributed by atoms with Crippen LogP contribution in [0.2, 0.25) is 10.0 Å². The van der Waals surface area contributed by atoms with Gasteiger partial charge in [-0.2, -0.15) is 5.26 Å². The molecule has 1 aliphatic rings. The number of fused-ring (bicyclic) bond motifs is 1. The topological polar surface area (TPSA) is 64.4 Å². The lowest BCUT2D eigenvalue weighted by Crippen LogP contribution is -2.39. The van der Waals surface area contributed by atoms with Gasteiger partial charge >= 0.3 is 0 Å². The van der Waals surface area contributed by atoms with Crippen LogP contribution in [0.4, 0.5) is 5.69 Å². The molecule has 0 saturated heterocycles. The summed E-state index contributed by atoms with van der Waals surface area (Å²) < 4.78 is 0. The van der Waals surface area contributed by atoms with Crippen LogP contribution in [0.3, 0.4) is 0 Å². The first-order valence-electron chi connectivity index (χ1n) is 9.58. The van der Waals surface area contributed by atoms with Crippen molar-refractivity contribution < 1.29 is 9.59 Å². The Labute approximate surface area is 190 Å². The van der Waals surface area contributed by atoms with E-state index in [1.807, 2.05) is 18.2 Å². The van der Waals surface area contributed by atoms with Crippen molar-refractivity contribution in [2.24, 2.45) is 0 Å². The van der Waals surface area contributed by atoms with Crippen molar-refractivity contribution in [2.45, 2.75) is 13.1 Å². The van der Waals surface area contributed by atoms with Crippen LogP contribution in [-0.4, -0.2) is 23.3 Å². The van der Waals surface area contributed by atoms with Crippen molar-refractivity contribution in [1.29, 1.82) is 5.26 Å². The molecule has 7 heteroatoms. The molecule has 0 bridgehead atoms. The number of nitrogens with zero attached hydrogens (tertiary/aromatic N) is 3. The first-order valence-corrected chi connectivity index (χ1v) is 10.3. The van der Waals surface area contributed by atoms with E-state index in [0.29, 0.717) is 39.0 Å². The number of nitriles is 1. The van der Waals surface area contributed by atoms with E-state index in [9.17, 15) is 9.59 Å². The van der Waals surface area contributed by atoms with Gasteiger partial charge in [0.05, 0.1) is 30.4 Å². The second-order valence-electron chi connectivity index (χ2n) is 7.19. The largest absolute Gasteiger partial charge is 0.325 e. The summed E-state index contributed by atoms with van der Waals surface area (Å²) in [7, 11) is 0. The number of amides is 2. The molecular formula is C24H17Cl2N3O2. The standard InChI is InChI=1S/C24H17Cl2N3O2/c25-19-10-8-18(9-11-19)24(31)28-14-20-21(26)2-1-3-22(20)29(23(30)15-28)13-17-6-4-16(12-27)5-7-17/h1-11H,13-15H2. The molecule has 154 valence electrons. The fourth-order valence-corrected chi connectivity index (χ4v) is 3.90. The van der Waals surface area contributed by atoms with Crippen LogP contribution in [0.1, 0.15) is 27.0 Å². The summed E-state index contributed by atoms with van der Waals surface area (Å²) in [6.45, 7) is 0.440. The molecule has 0 radical (unpaired) electrons. The van der Waals surface area contributed by atoms with E-state index in [1.54, 1.807) is 53.4 Å². The highest BCUT2D eigenvalue weighted by Gasteiger charge is 2.30. The molecule has 0 spiro atoms. The monoisotopic (exact) mass is 449 g/mol. The van der Waals surface area contributed by atoms with E-state index in [4.69, 9.17) is 28.5 Å². The van der Waals surface area contributed by atoms with Crippen molar-refractivity contribution in [2.75, 3.05) is 11.4 Å². The lowest BCUT2D eigenvalue weighted by Gasteiger charge is -2.23. The lowest BCUT2D eigenvalue weighted by molar-refractivity contribution is -0.119. The molecule has 0 unspecified atom stereocenters. The van der Waals surface area contributed by atoms with Gasteiger partial charge in [-0.15, -0.1) is 0 Å². The third-order valence-corrected chi connectivity index (χ3v) is 5.77. The van der Waals surface area contributed by atoms with Crippen LogP contribution in [0.5, 0.6) is 0 Å². The zero-order valence-electron chi connectivity index (χ0n) is 16.4. The molecule has 4 rings (SSSR count). The Bertz CT molecular complexity index is 1180. The summed E-state index contributed by atoms with van der Waals surface area (Å²) in [5.41, 5.74) is 3.26. The maximum Gasteiger partial charge on any atom is 0.254 e. The highest BCUT2D eigenvalue weighted by atomic mass is 35.5. The van der Waals surface area contributed by atoms with Gasteiger partial charge in [0.25, 0.3) is 5.91 Å². The number of anilines is 1. The Morgan fingerprint density at radius 1 is 0.968 bits per heavy atom. The maximum absolute atomic E-state index is 13.2. The Morgan fingerprint density at radius 2 is 1.68 bits per heavy atom. The Morgan fingerprint density at radius 3 is 2.35 bits per heavy atom. The quantitative estimate of drug-likeness (QED) is 0.561. The SMILES string of the molecule is N#Cc1ccc(CN2C(=O)CN(C(=O)c3ccc(Cl)cc3)Cc3c(Cl)cccc32)cc1. The van der Waals surface area contributed by atoms with Crippen molar-refractivity contribution in [3.8, 4) is 6.07 Å². The fourth-order valence-electron chi connectivity index (χ4n) is 3.55. The summed E-state index contributed by atoms with van der Waals surface area (Å²) in [5, 5.41) is 10.0. The summed E-state index contributed by atoms with van der Waals surface area (Å²) in [6.07, 6.45) is 0.